The Morgan fingerprint density at radius 1 is 1.18 bits per heavy atom. The molecule has 0 aliphatic rings. The third-order valence-corrected chi connectivity index (χ3v) is 5.22. The number of thioether (sulfide) groups is 1. The number of anilines is 1. The molecule has 0 aliphatic heterocycles. The monoisotopic (exact) mass is 396 g/mol. The number of benzene rings is 2. The zero-order valence-electron chi connectivity index (χ0n) is 16.4. The Labute approximate surface area is 169 Å². The van der Waals surface area contributed by atoms with Crippen LogP contribution in [0.4, 0.5) is 5.69 Å². The van der Waals surface area contributed by atoms with Crippen molar-refractivity contribution in [1.29, 1.82) is 0 Å². The van der Waals surface area contributed by atoms with Gasteiger partial charge < -0.3 is 10.1 Å². The van der Waals surface area contributed by atoms with Gasteiger partial charge in [0.25, 0.3) is 0 Å². The number of hydrogen-bond acceptors (Lipinski definition) is 5. The van der Waals surface area contributed by atoms with E-state index in [0.717, 1.165) is 22.6 Å². The topological polar surface area (TPSA) is 79.9 Å². The summed E-state index contributed by atoms with van der Waals surface area (Å²) < 4.78 is 5.77. The minimum Gasteiger partial charge on any atom is -0.485 e. The molecule has 0 saturated heterocycles. The summed E-state index contributed by atoms with van der Waals surface area (Å²) in [5.74, 6) is 1.35. The number of para-hydroxylation sites is 1. The second-order valence-corrected chi connectivity index (χ2v) is 7.99. The molecule has 6 nitrogen and oxygen atoms in total. The molecule has 1 heterocycles. The van der Waals surface area contributed by atoms with Gasteiger partial charge in [-0.05, 0) is 51.0 Å². The first-order valence-electron chi connectivity index (χ1n) is 9.07. The molecule has 0 bridgehead atoms. The molecule has 3 aromatic rings. The summed E-state index contributed by atoms with van der Waals surface area (Å²) in [5, 5.41) is 10.2. The first-order valence-corrected chi connectivity index (χ1v) is 9.95. The molecule has 0 unspecified atom stereocenters. The number of amides is 1. The second-order valence-electron chi connectivity index (χ2n) is 6.69. The molecule has 1 amide bonds. The van der Waals surface area contributed by atoms with Crippen LogP contribution >= 0.6 is 11.8 Å². The van der Waals surface area contributed by atoms with Gasteiger partial charge in [-0.15, -0.1) is 5.10 Å². The first kappa shape index (κ1) is 19.9. The van der Waals surface area contributed by atoms with Crippen LogP contribution in [-0.4, -0.2) is 26.3 Å². The van der Waals surface area contributed by atoms with Gasteiger partial charge in [-0.3, -0.25) is 9.89 Å². The van der Waals surface area contributed by atoms with Crippen molar-refractivity contribution in [2.75, 3.05) is 5.32 Å². The lowest BCUT2D eigenvalue weighted by Gasteiger charge is -2.12. The van der Waals surface area contributed by atoms with Crippen molar-refractivity contribution in [2.24, 2.45) is 0 Å². The van der Waals surface area contributed by atoms with Crippen molar-refractivity contribution >= 4 is 23.4 Å². The number of aromatic nitrogens is 3. The van der Waals surface area contributed by atoms with Crippen molar-refractivity contribution in [3.63, 3.8) is 0 Å². The number of H-pyrrole nitrogens is 1. The maximum Gasteiger partial charge on any atom is 0.237 e. The van der Waals surface area contributed by atoms with E-state index in [2.05, 4.69) is 20.5 Å². The molecule has 1 aromatic heterocycles. The summed E-state index contributed by atoms with van der Waals surface area (Å²) in [5.41, 5.74) is 4.09. The number of ether oxygens (including phenoxy) is 1. The van der Waals surface area contributed by atoms with Gasteiger partial charge in [0.15, 0.2) is 5.82 Å². The molecule has 0 fully saturated rings. The Kier molecular flexibility index (Phi) is 6.36. The fraction of sp³-hybridized carbons (Fsp3) is 0.286. The summed E-state index contributed by atoms with van der Waals surface area (Å²) in [4.78, 5) is 16.9. The average molecular weight is 397 g/mol. The van der Waals surface area contributed by atoms with Crippen LogP contribution in [0.25, 0.3) is 0 Å². The van der Waals surface area contributed by atoms with Crippen LogP contribution in [0.15, 0.2) is 47.6 Å². The highest BCUT2D eigenvalue weighted by molar-refractivity contribution is 8.00. The van der Waals surface area contributed by atoms with Crippen LogP contribution in [-0.2, 0) is 11.4 Å². The van der Waals surface area contributed by atoms with E-state index in [-0.39, 0.29) is 11.2 Å². The third kappa shape index (κ3) is 5.13. The Balaban J connectivity index is 1.55. The third-order valence-electron chi connectivity index (χ3n) is 4.26. The molecule has 3 rings (SSSR count). The second kappa shape index (κ2) is 8.93. The predicted molar refractivity (Wildman–Crippen MR) is 112 cm³/mol. The highest BCUT2D eigenvalue weighted by Crippen LogP contribution is 2.23. The number of aryl methyl sites for hydroxylation is 3. The summed E-state index contributed by atoms with van der Waals surface area (Å²) in [6, 6.07) is 13.8. The largest absolute Gasteiger partial charge is 0.485 e. The normalized spacial score (nSPS) is 11.9. The van der Waals surface area contributed by atoms with Crippen molar-refractivity contribution in [1.82, 2.24) is 15.2 Å². The van der Waals surface area contributed by atoms with Crippen molar-refractivity contribution in [2.45, 2.75) is 44.7 Å². The van der Waals surface area contributed by atoms with Crippen LogP contribution in [0.1, 0.15) is 29.4 Å². The SMILES string of the molecule is Cc1ccc(NC(=O)[C@H](C)Sc2n[nH]c(COc3ccccc3C)n2)c(C)c1. The summed E-state index contributed by atoms with van der Waals surface area (Å²) in [6.07, 6.45) is 0. The van der Waals surface area contributed by atoms with Crippen LogP contribution in [0, 0.1) is 20.8 Å². The Morgan fingerprint density at radius 3 is 2.71 bits per heavy atom. The highest BCUT2D eigenvalue weighted by atomic mass is 32.2. The van der Waals surface area contributed by atoms with E-state index in [0.29, 0.717) is 17.6 Å². The molecule has 2 aromatic carbocycles. The maximum atomic E-state index is 12.5. The number of nitrogens with zero attached hydrogens (tertiary/aromatic N) is 2. The first-order chi connectivity index (χ1) is 13.4. The van der Waals surface area contributed by atoms with E-state index in [4.69, 9.17) is 4.74 Å². The molecule has 28 heavy (non-hydrogen) atoms. The number of hydrogen-bond donors (Lipinski definition) is 2. The van der Waals surface area contributed by atoms with Gasteiger partial charge in [-0.25, -0.2) is 4.98 Å². The summed E-state index contributed by atoms with van der Waals surface area (Å²) in [7, 11) is 0. The van der Waals surface area contributed by atoms with Crippen LogP contribution in [0.3, 0.4) is 0 Å². The molecule has 1 atom stereocenters. The Hall–Kier alpha value is -2.80. The number of aromatic amines is 1. The Morgan fingerprint density at radius 2 is 1.96 bits per heavy atom. The molecule has 0 aliphatic carbocycles. The van der Waals surface area contributed by atoms with Gasteiger partial charge in [0, 0.05) is 5.69 Å². The predicted octanol–water partition coefficient (Wildman–Crippen LogP) is 4.43. The van der Waals surface area contributed by atoms with Gasteiger partial charge in [-0.2, -0.15) is 0 Å². The van der Waals surface area contributed by atoms with E-state index in [1.807, 2.05) is 70.2 Å². The van der Waals surface area contributed by atoms with Crippen molar-refractivity contribution in [3.8, 4) is 5.75 Å². The molecule has 146 valence electrons. The van der Waals surface area contributed by atoms with Gasteiger partial charge in [0.2, 0.25) is 11.1 Å². The minimum atomic E-state index is -0.332. The van der Waals surface area contributed by atoms with E-state index < -0.39 is 0 Å². The lowest BCUT2D eigenvalue weighted by Crippen LogP contribution is -2.23. The smallest absolute Gasteiger partial charge is 0.237 e. The lowest BCUT2D eigenvalue weighted by atomic mass is 10.1. The highest BCUT2D eigenvalue weighted by Gasteiger charge is 2.18. The van der Waals surface area contributed by atoms with Crippen LogP contribution in [0.5, 0.6) is 5.75 Å². The zero-order chi connectivity index (χ0) is 20.1. The molecule has 7 heteroatoms. The molecular weight excluding hydrogens is 372 g/mol. The molecule has 0 radical (unpaired) electrons. The fourth-order valence-electron chi connectivity index (χ4n) is 2.66. The summed E-state index contributed by atoms with van der Waals surface area (Å²) >= 11 is 1.30. The molecular formula is C21H24N4O2S. The van der Waals surface area contributed by atoms with Crippen molar-refractivity contribution in [3.05, 3.63) is 65.0 Å². The number of carbonyl (C=O) groups excluding carboxylic acids is 1. The quantitative estimate of drug-likeness (QED) is 0.578. The van der Waals surface area contributed by atoms with Crippen LogP contribution < -0.4 is 10.1 Å². The van der Waals surface area contributed by atoms with E-state index >= 15 is 0 Å². The lowest BCUT2D eigenvalue weighted by molar-refractivity contribution is -0.115. The van der Waals surface area contributed by atoms with Crippen molar-refractivity contribution < 1.29 is 9.53 Å². The van der Waals surface area contributed by atoms with Gasteiger partial charge in [0.05, 0.1) is 5.25 Å². The van der Waals surface area contributed by atoms with E-state index in [1.165, 1.54) is 17.3 Å². The average Bonchev–Trinajstić information content (AvgIpc) is 3.10. The van der Waals surface area contributed by atoms with E-state index in [1.54, 1.807) is 0 Å². The number of nitrogens with one attached hydrogen (secondary N) is 2. The summed E-state index contributed by atoms with van der Waals surface area (Å²) in [6.45, 7) is 8.13. The minimum absolute atomic E-state index is 0.0838. The molecule has 2 N–H and O–H groups in total. The maximum absolute atomic E-state index is 12.5. The zero-order valence-corrected chi connectivity index (χ0v) is 17.3. The van der Waals surface area contributed by atoms with Gasteiger partial charge >= 0.3 is 0 Å². The van der Waals surface area contributed by atoms with Gasteiger partial charge in [-0.1, -0.05) is 47.7 Å². The number of rotatable bonds is 7. The molecule has 0 saturated carbocycles. The number of carbonyl (C=O) groups is 1. The van der Waals surface area contributed by atoms with Crippen LogP contribution in [0.2, 0.25) is 0 Å². The Bertz CT molecular complexity index is 971. The molecule has 0 spiro atoms. The van der Waals surface area contributed by atoms with Gasteiger partial charge in [0.1, 0.15) is 12.4 Å². The fourth-order valence-corrected chi connectivity index (χ4v) is 3.40. The van der Waals surface area contributed by atoms with E-state index in [9.17, 15) is 4.79 Å². The standard InChI is InChI=1S/C21H24N4O2S/c1-13-9-10-17(15(3)11-13)22-20(26)16(4)28-21-23-19(24-25-21)12-27-18-8-6-5-7-14(18)2/h5-11,16H,12H2,1-4H3,(H,22,26)(H,23,24,25)/t16-/m0/s1.